The molecule has 1 aromatic heterocycles. The maximum absolute atomic E-state index is 12.5. The highest BCUT2D eigenvalue weighted by Crippen LogP contribution is 2.25. The van der Waals surface area contributed by atoms with E-state index in [9.17, 15) is 19.7 Å². The summed E-state index contributed by atoms with van der Waals surface area (Å²) >= 11 is 0. The lowest BCUT2D eigenvalue weighted by atomic mass is 10.1. The second-order valence-corrected chi connectivity index (χ2v) is 6.12. The number of carbonyl (C=O) groups is 2. The highest BCUT2D eigenvalue weighted by atomic mass is 16.6. The van der Waals surface area contributed by atoms with E-state index in [0.717, 1.165) is 22.9 Å². The molecule has 27 heavy (non-hydrogen) atoms. The standard InChI is InChI=1S/C20H18N2O5/c1-3-13-7-5-8-14-16(10-21-18(13)14)17(23)11-27-20(24)15-9-4-6-12(2)19(15)22(25)26/h4-10,21H,3,11H2,1-2H3. The Bertz CT molecular complexity index is 1050. The van der Waals surface area contributed by atoms with E-state index >= 15 is 0 Å². The van der Waals surface area contributed by atoms with E-state index in [1.54, 1.807) is 6.20 Å². The number of H-pyrrole nitrogens is 1. The van der Waals surface area contributed by atoms with E-state index < -0.39 is 17.5 Å². The predicted octanol–water partition coefficient (Wildman–Crippen LogP) is 3.99. The van der Waals surface area contributed by atoms with E-state index in [4.69, 9.17) is 4.74 Å². The SMILES string of the molecule is CCc1cccc2c(C(=O)COC(=O)c3cccc(C)c3[N+](=O)[O-])c[nH]c12. The number of benzene rings is 2. The fraction of sp³-hybridized carbons (Fsp3) is 0.200. The maximum Gasteiger partial charge on any atom is 0.345 e. The van der Waals surface area contributed by atoms with E-state index in [1.807, 2.05) is 25.1 Å². The number of esters is 1. The van der Waals surface area contributed by atoms with Crippen molar-refractivity contribution < 1.29 is 19.2 Å². The summed E-state index contributed by atoms with van der Waals surface area (Å²) in [4.78, 5) is 38.5. The number of nitrogens with one attached hydrogen (secondary N) is 1. The highest BCUT2D eigenvalue weighted by Gasteiger charge is 2.24. The second-order valence-electron chi connectivity index (χ2n) is 6.12. The number of para-hydroxylation sites is 2. The normalized spacial score (nSPS) is 10.7. The molecule has 0 atom stereocenters. The largest absolute Gasteiger partial charge is 0.454 e. The van der Waals surface area contributed by atoms with Crippen molar-refractivity contribution in [3.8, 4) is 0 Å². The molecule has 3 rings (SSSR count). The number of hydrogen-bond donors (Lipinski definition) is 1. The first-order valence-corrected chi connectivity index (χ1v) is 8.47. The second kappa shape index (κ2) is 7.41. The molecule has 0 radical (unpaired) electrons. The smallest absolute Gasteiger partial charge is 0.345 e. The average Bonchev–Trinajstić information content (AvgIpc) is 3.09. The van der Waals surface area contributed by atoms with E-state index in [2.05, 4.69) is 4.98 Å². The molecule has 2 aromatic carbocycles. The van der Waals surface area contributed by atoms with Crippen molar-refractivity contribution in [1.82, 2.24) is 4.98 Å². The summed E-state index contributed by atoms with van der Waals surface area (Å²) in [5.74, 6) is -1.27. The maximum atomic E-state index is 12.5. The van der Waals surface area contributed by atoms with Gasteiger partial charge in [0.25, 0.3) is 5.69 Å². The molecule has 1 N–H and O–H groups in total. The number of nitro groups is 1. The molecule has 0 amide bonds. The van der Waals surface area contributed by atoms with Crippen molar-refractivity contribution in [2.45, 2.75) is 20.3 Å². The van der Waals surface area contributed by atoms with Gasteiger partial charge in [-0.3, -0.25) is 14.9 Å². The van der Waals surface area contributed by atoms with E-state index in [0.29, 0.717) is 11.1 Å². The Hall–Kier alpha value is -3.48. The summed E-state index contributed by atoms with van der Waals surface area (Å²) in [5.41, 5.74) is 2.26. The zero-order chi connectivity index (χ0) is 19.6. The third-order valence-corrected chi connectivity index (χ3v) is 4.46. The van der Waals surface area contributed by atoms with Gasteiger partial charge < -0.3 is 9.72 Å². The lowest BCUT2D eigenvalue weighted by Gasteiger charge is -2.06. The molecule has 7 nitrogen and oxygen atoms in total. The van der Waals surface area contributed by atoms with Crippen molar-refractivity contribution in [2.75, 3.05) is 6.61 Å². The van der Waals surface area contributed by atoms with Crippen LogP contribution in [0, 0.1) is 17.0 Å². The summed E-state index contributed by atoms with van der Waals surface area (Å²) < 4.78 is 5.06. The van der Waals surface area contributed by atoms with Crippen LogP contribution in [0.25, 0.3) is 10.9 Å². The highest BCUT2D eigenvalue weighted by molar-refractivity contribution is 6.09. The third kappa shape index (κ3) is 3.44. The fourth-order valence-electron chi connectivity index (χ4n) is 3.10. The van der Waals surface area contributed by atoms with Crippen LogP contribution in [0.15, 0.2) is 42.6 Å². The summed E-state index contributed by atoms with van der Waals surface area (Å²) in [7, 11) is 0. The minimum Gasteiger partial charge on any atom is -0.454 e. The molecule has 0 aliphatic heterocycles. The number of Topliss-reactive ketones (excluding diaryl/α,β-unsaturated/α-hetero) is 1. The van der Waals surface area contributed by atoms with Crippen LogP contribution in [0.1, 0.15) is 38.8 Å². The van der Waals surface area contributed by atoms with Gasteiger partial charge in [-0.05, 0) is 25.0 Å². The molecule has 138 valence electrons. The molecule has 7 heteroatoms. The van der Waals surface area contributed by atoms with Crippen LogP contribution in [0.2, 0.25) is 0 Å². The molecule has 1 heterocycles. The van der Waals surface area contributed by atoms with Gasteiger partial charge >= 0.3 is 5.97 Å². The summed E-state index contributed by atoms with van der Waals surface area (Å²) in [5, 5.41) is 12.0. The van der Waals surface area contributed by atoms with Crippen LogP contribution in [0.4, 0.5) is 5.69 Å². The molecule has 0 saturated heterocycles. The van der Waals surface area contributed by atoms with Gasteiger partial charge in [-0.1, -0.05) is 37.3 Å². The lowest BCUT2D eigenvalue weighted by Crippen LogP contribution is -2.15. The van der Waals surface area contributed by atoms with Gasteiger partial charge in [0.2, 0.25) is 5.78 Å². The first kappa shape index (κ1) is 18.3. The minimum absolute atomic E-state index is 0.167. The number of aryl methyl sites for hydroxylation is 2. The molecule has 0 fully saturated rings. The Balaban J connectivity index is 1.80. The zero-order valence-corrected chi connectivity index (χ0v) is 14.9. The van der Waals surface area contributed by atoms with Gasteiger partial charge in [0, 0.05) is 28.2 Å². The number of nitro benzene ring substituents is 1. The van der Waals surface area contributed by atoms with Crippen molar-refractivity contribution in [1.29, 1.82) is 0 Å². The van der Waals surface area contributed by atoms with E-state index in [1.165, 1.54) is 25.1 Å². The Morgan fingerprint density at radius 3 is 2.59 bits per heavy atom. The molecule has 0 aliphatic carbocycles. The fourth-order valence-corrected chi connectivity index (χ4v) is 3.10. The van der Waals surface area contributed by atoms with Crippen LogP contribution < -0.4 is 0 Å². The Morgan fingerprint density at radius 2 is 1.89 bits per heavy atom. The first-order chi connectivity index (χ1) is 12.9. The number of aromatic amines is 1. The van der Waals surface area contributed by atoms with Crippen LogP contribution in [-0.2, 0) is 11.2 Å². The van der Waals surface area contributed by atoms with Gasteiger partial charge in [-0.15, -0.1) is 0 Å². The first-order valence-electron chi connectivity index (χ1n) is 8.47. The predicted molar refractivity (Wildman–Crippen MR) is 100 cm³/mol. The van der Waals surface area contributed by atoms with Crippen LogP contribution >= 0.6 is 0 Å². The lowest BCUT2D eigenvalue weighted by molar-refractivity contribution is -0.385. The molecule has 0 spiro atoms. The van der Waals surface area contributed by atoms with Crippen LogP contribution in [-0.4, -0.2) is 28.3 Å². The quantitative estimate of drug-likeness (QED) is 0.308. The number of rotatable bonds is 6. The van der Waals surface area contributed by atoms with Crippen molar-refractivity contribution in [3.05, 3.63) is 75.0 Å². The van der Waals surface area contributed by atoms with Gasteiger partial charge in [0.1, 0.15) is 5.56 Å². The summed E-state index contributed by atoms with van der Waals surface area (Å²) in [6.07, 6.45) is 2.41. The molecule has 0 saturated carbocycles. The number of nitrogens with zero attached hydrogens (tertiary/aromatic N) is 1. The van der Waals surface area contributed by atoms with Crippen LogP contribution in [0.5, 0.6) is 0 Å². The topological polar surface area (TPSA) is 102 Å². The van der Waals surface area contributed by atoms with Crippen molar-refractivity contribution in [3.63, 3.8) is 0 Å². The molecular formula is C20H18N2O5. The Morgan fingerprint density at radius 1 is 1.15 bits per heavy atom. The number of fused-ring (bicyclic) bond motifs is 1. The molecule has 3 aromatic rings. The summed E-state index contributed by atoms with van der Waals surface area (Å²) in [6, 6.07) is 10.1. The molecular weight excluding hydrogens is 348 g/mol. The van der Waals surface area contributed by atoms with Gasteiger partial charge in [-0.25, -0.2) is 4.79 Å². The summed E-state index contributed by atoms with van der Waals surface area (Å²) in [6.45, 7) is 3.07. The van der Waals surface area contributed by atoms with Gasteiger partial charge in [0.05, 0.1) is 4.92 Å². The van der Waals surface area contributed by atoms with E-state index in [-0.39, 0.29) is 17.0 Å². The number of hydrogen-bond acceptors (Lipinski definition) is 5. The number of ketones is 1. The third-order valence-electron chi connectivity index (χ3n) is 4.46. The monoisotopic (exact) mass is 366 g/mol. The molecule has 0 bridgehead atoms. The van der Waals surface area contributed by atoms with Crippen molar-refractivity contribution in [2.24, 2.45) is 0 Å². The number of aromatic nitrogens is 1. The van der Waals surface area contributed by atoms with Gasteiger partial charge in [-0.2, -0.15) is 0 Å². The average molecular weight is 366 g/mol. The zero-order valence-electron chi connectivity index (χ0n) is 14.9. The number of carbonyl (C=O) groups excluding carboxylic acids is 2. The minimum atomic E-state index is -0.896. The number of ether oxygens (including phenoxy) is 1. The molecule has 0 unspecified atom stereocenters. The molecule has 0 aliphatic rings. The van der Waals surface area contributed by atoms with Gasteiger partial charge in [0.15, 0.2) is 6.61 Å². The van der Waals surface area contributed by atoms with Crippen molar-refractivity contribution >= 4 is 28.3 Å². The Labute approximate surface area is 155 Å². The Kier molecular flexibility index (Phi) is 5.03. The van der Waals surface area contributed by atoms with Crippen LogP contribution in [0.3, 0.4) is 0 Å².